The summed E-state index contributed by atoms with van der Waals surface area (Å²) in [7, 11) is 1.62. The predicted molar refractivity (Wildman–Crippen MR) is 208 cm³/mol. The van der Waals surface area contributed by atoms with E-state index in [1.165, 1.54) is 12.8 Å². The minimum Gasteiger partial charge on any atom is -0.494 e. The molecule has 2 aliphatic carbocycles. The summed E-state index contributed by atoms with van der Waals surface area (Å²) < 4.78 is 21.9. The first kappa shape index (κ1) is 35.2. The highest BCUT2D eigenvalue weighted by Gasteiger charge is 2.50. The number of rotatable bonds is 9. The van der Waals surface area contributed by atoms with Gasteiger partial charge in [0.2, 0.25) is 0 Å². The Balaban J connectivity index is 1.06. The molecular formula is C43H48N6O6. The predicted octanol–water partition coefficient (Wildman–Crippen LogP) is 7.40. The van der Waals surface area contributed by atoms with E-state index in [0.717, 1.165) is 52.9 Å². The number of likely N-dealkylation sites (tertiary alicyclic amines) is 2. The quantitative estimate of drug-likeness (QED) is 0.167. The van der Waals surface area contributed by atoms with Crippen LogP contribution in [0.1, 0.15) is 68.4 Å². The molecule has 0 radical (unpaired) electrons. The first-order valence-electron chi connectivity index (χ1n) is 19.5. The molecule has 9 rings (SSSR count). The second-order valence-corrected chi connectivity index (χ2v) is 16.6. The van der Waals surface area contributed by atoms with Crippen molar-refractivity contribution in [3.05, 3.63) is 83.9 Å². The van der Waals surface area contributed by atoms with Gasteiger partial charge >= 0.3 is 12.2 Å². The lowest BCUT2D eigenvalue weighted by atomic mass is 10.1. The van der Waals surface area contributed by atoms with Crippen molar-refractivity contribution in [2.45, 2.75) is 83.3 Å². The molecule has 5 aromatic rings. The number of benzene rings is 3. The van der Waals surface area contributed by atoms with E-state index in [2.05, 4.69) is 44.8 Å². The Kier molecular flexibility index (Phi) is 8.74. The van der Waals surface area contributed by atoms with E-state index in [-0.39, 0.29) is 42.7 Å². The molecule has 12 nitrogen and oxygen atoms in total. The summed E-state index contributed by atoms with van der Waals surface area (Å²) >= 11 is 0. The number of methoxy groups -OCH3 is 1. The van der Waals surface area contributed by atoms with Gasteiger partial charge in [-0.15, -0.1) is 0 Å². The highest BCUT2D eigenvalue weighted by Crippen LogP contribution is 2.43. The summed E-state index contributed by atoms with van der Waals surface area (Å²) in [4.78, 5) is 49.2. The van der Waals surface area contributed by atoms with E-state index >= 15 is 0 Å². The van der Waals surface area contributed by atoms with Crippen LogP contribution in [0.3, 0.4) is 0 Å². The van der Waals surface area contributed by atoms with Gasteiger partial charge < -0.3 is 38.5 Å². The number of piperidine rings is 1. The third-order valence-electron chi connectivity index (χ3n) is 11.6. The summed E-state index contributed by atoms with van der Waals surface area (Å²) in [5.41, 5.74) is 4.40. The van der Waals surface area contributed by atoms with Crippen molar-refractivity contribution < 1.29 is 28.6 Å². The number of carbonyl (C=O) groups is 3. The van der Waals surface area contributed by atoms with Gasteiger partial charge in [0.05, 0.1) is 36.4 Å². The Labute approximate surface area is 320 Å². The van der Waals surface area contributed by atoms with Gasteiger partial charge in [0.25, 0.3) is 5.91 Å². The highest BCUT2D eigenvalue weighted by atomic mass is 16.6. The average Bonchev–Trinajstić information content (AvgIpc) is 3.45. The van der Waals surface area contributed by atoms with Gasteiger partial charge in [0.15, 0.2) is 5.82 Å². The topological polar surface area (TPSA) is 120 Å². The highest BCUT2D eigenvalue weighted by molar-refractivity contribution is 6.01. The zero-order chi connectivity index (χ0) is 38.0. The van der Waals surface area contributed by atoms with Crippen LogP contribution in [0.4, 0.5) is 9.59 Å². The molecule has 2 aliphatic heterocycles. The third-order valence-corrected chi connectivity index (χ3v) is 11.6. The van der Waals surface area contributed by atoms with E-state index in [1.807, 2.05) is 68.1 Å². The van der Waals surface area contributed by atoms with Crippen molar-refractivity contribution in [1.82, 2.24) is 29.2 Å². The van der Waals surface area contributed by atoms with Gasteiger partial charge in [-0.1, -0.05) is 48.5 Å². The number of nitrogens with zero attached hydrogens (tertiary/aromatic N) is 5. The number of hydrogen-bond acceptors (Lipinski definition) is 7. The van der Waals surface area contributed by atoms with Crippen molar-refractivity contribution in [3.8, 4) is 17.3 Å². The van der Waals surface area contributed by atoms with Crippen LogP contribution in [0.15, 0.2) is 72.8 Å². The second kappa shape index (κ2) is 13.6. The van der Waals surface area contributed by atoms with Gasteiger partial charge in [0, 0.05) is 42.6 Å². The van der Waals surface area contributed by atoms with Gasteiger partial charge in [-0.3, -0.25) is 4.79 Å². The van der Waals surface area contributed by atoms with Gasteiger partial charge in [0.1, 0.15) is 23.5 Å². The first-order chi connectivity index (χ1) is 26.5. The number of amides is 3. The van der Waals surface area contributed by atoms with E-state index in [4.69, 9.17) is 19.2 Å². The Morgan fingerprint density at radius 2 is 1.67 bits per heavy atom. The largest absolute Gasteiger partial charge is 0.494 e. The van der Waals surface area contributed by atoms with Crippen molar-refractivity contribution in [1.29, 1.82) is 0 Å². The molecule has 4 heterocycles. The number of fused-ring (bicyclic) bond motifs is 4. The summed E-state index contributed by atoms with van der Waals surface area (Å²) in [6.45, 7) is 8.09. The SMILES string of the molecule is COc1cc(C(=O)N2C[C@H]3CC[C@@H]2[C@@H]3NC(=O)OC(C)(C)C)cc2nc(-c3cc4ccccc4n3CC3CC3)n(C3CN(C(=O)OCc4ccccc4)C3)c12. The molecule has 1 N–H and O–H groups in total. The van der Waals surface area contributed by atoms with Crippen molar-refractivity contribution in [3.63, 3.8) is 0 Å². The molecule has 0 unspecified atom stereocenters. The number of imidazole rings is 1. The zero-order valence-electron chi connectivity index (χ0n) is 31.9. The van der Waals surface area contributed by atoms with Crippen LogP contribution in [0.25, 0.3) is 33.5 Å². The molecule has 286 valence electrons. The number of alkyl carbamates (subject to hydrolysis) is 1. The lowest BCUT2D eigenvalue weighted by Gasteiger charge is -2.40. The molecule has 4 aliphatic rings. The molecule has 3 amide bonds. The van der Waals surface area contributed by atoms with Crippen LogP contribution < -0.4 is 10.1 Å². The molecule has 0 spiro atoms. The molecule has 3 atom stereocenters. The summed E-state index contributed by atoms with van der Waals surface area (Å²) in [5.74, 6) is 1.99. The maximum Gasteiger partial charge on any atom is 0.410 e. The van der Waals surface area contributed by atoms with Gasteiger partial charge in [-0.2, -0.15) is 0 Å². The van der Waals surface area contributed by atoms with Crippen LogP contribution in [0, 0.1) is 11.8 Å². The van der Waals surface area contributed by atoms with E-state index in [1.54, 1.807) is 12.0 Å². The zero-order valence-corrected chi connectivity index (χ0v) is 31.9. The van der Waals surface area contributed by atoms with Crippen molar-refractivity contribution >= 4 is 40.0 Å². The van der Waals surface area contributed by atoms with Crippen molar-refractivity contribution in [2.75, 3.05) is 26.7 Å². The molecule has 12 heteroatoms. The molecule has 2 aromatic heterocycles. The number of aromatic nitrogens is 3. The summed E-state index contributed by atoms with van der Waals surface area (Å²) in [6.07, 6.45) is 3.36. The number of para-hydroxylation sites is 1. The van der Waals surface area contributed by atoms with E-state index in [0.29, 0.717) is 42.4 Å². The molecule has 2 saturated carbocycles. The molecule has 2 saturated heterocycles. The summed E-state index contributed by atoms with van der Waals surface area (Å²) in [6, 6.07) is 23.6. The number of carbonyl (C=O) groups excluding carboxylic acids is 3. The first-order valence-corrected chi connectivity index (χ1v) is 19.5. The molecule has 4 fully saturated rings. The average molecular weight is 745 g/mol. The third kappa shape index (κ3) is 6.65. The lowest BCUT2D eigenvalue weighted by molar-refractivity contribution is 0.0484. The standard InChI is InChI=1S/C43H48N6O6/c1-43(2,3)55-41(51)45-37-29-16-17-34(37)48(22-29)40(50)30-18-32-38(36(20-30)53-4)49(31-23-46(24-31)42(52)54-25-27-10-6-5-7-11-27)39(44-32)35-19-28-12-8-9-13-33(28)47(35)21-26-14-15-26/h5-13,18-20,26,29,31,34,37H,14-17,21-25H2,1-4H3,(H,45,51)/t29-,34-,37-/m1/s1. The molecule has 55 heavy (non-hydrogen) atoms. The Morgan fingerprint density at radius 3 is 2.42 bits per heavy atom. The van der Waals surface area contributed by atoms with Crippen LogP contribution in [0.2, 0.25) is 0 Å². The van der Waals surface area contributed by atoms with Gasteiger partial charge in [-0.25, -0.2) is 14.6 Å². The summed E-state index contributed by atoms with van der Waals surface area (Å²) in [5, 5.41) is 4.20. The molecule has 3 aromatic carbocycles. The Bertz CT molecular complexity index is 2280. The number of hydrogen-bond donors (Lipinski definition) is 1. The Morgan fingerprint density at radius 1 is 0.909 bits per heavy atom. The smallest absolute Gasteiger partial charge is 0.410 e. The van der Waals surface area contributed by atoms with Crippen LogP contribution >= 0.6 is 0 Å². The minimum absolute atomic E-state index is 0.0962. The van der Waals surface area contributed by atoms with Crippen molar-refractivity contribution in [2.24, 2.45) is 11.8 Å². The molecular weight excluding hydrogens is 697 g/mol. The number of ether oxygens (including phenoxy) is 3. The van der Waals surface area contributed by atoms with E-state index in [9.17, 15) is 14.4 Å². The van der Waals surface area contributed by atoms with Crippen LogP contribution in [0.5, 0.6) is 5.75 Å². The maximum absolute atomic E-state index is 14.4. The maximum atomic E-state index is 14.4. The monoisotopic (exact) mass is 744 g/mol. The fourth-order valence-electron chi connectivity index (χ4n) is 8.80. The Hall–Kier alpha value is -5.52. The lowest BCUT2D eigenvalue weighted by Crippen LogP contribution is -2.51. The van der Waals surface area contributed by atoms with Crippen LogP contribution in [-0.2, 0) is 22.6 Å². The molecule has 2 bridgehead atoms. The van der Waals surface area contributed by atoms with Gasteiger partial charge in [-0.05, 0) is 88.1 Å². The number of nitrogens with one attached hydrogen (secondary N) is 1. The fraction of sp³-hybridized carbons (Fsp3) is 0.442. The van der Waals surface area contributed by atoms with Crippen LogP contribution in [-0.4, -0.2) is 86.4 Å². The second-order valence-electron chi connectivity index (χ2n) is 16.6. The normalized spacial score (nSPS) is 20.9. The minimum atomic E-state index is -0.610. The fourth-order valence-corrected chi connectivity index (χ4v) is 8.80. The van der Waals surface area contributed by atoms with E-state index < -0.39 is 11.7 Å².